The number of hydrogen-bond acceptors (Lipinski definition) is 4. The smallest absolute Gasteiger partial charge is 0.340 e. The maximum atomic E-state index is 11.8. The first-order valence-corrected chi connectivity index (χ1v) is 5.26. The van der Waals surface area contributed by atoms with Crippen molar-refractivity contribution >= 4 is 17.3 Å². The van der Waals surface area contributed by atoms with Crippen LogP contribution in [0.1, 0.15) is 17.3 Å². The first kappa shape index (κ1) is 12.4. The molecule has 0 aliphatic rings. The molecule has 16 heavy (non-hydrogen) atoms. The lowest BCUT2D eigenvalue weighted by atomic mass is 10.1. The highest BCUT2D eigenvalue weighted by Gasteiger charge is 2.14. The number of carbonyl (C=O) groups excluding carboxylic acids is 1. The molecule has 1 rings (SSSR count). The molecule has 0 saturated carbocycles. The van der Waals surface area contributed by atoms with Crippen molar-refractivity contribution in [2.75, 3.05) is 38.0 Å². The van der Waals surface area contributed by atoms with Gasteiger partial charge in [-0.2, -0.15) is 0 Å². The molecule has 0 saturated heterocycles. The molecule has 1 N–H and O–H groups in total. The number of anilines is 2. The Morgan fingerprint density at radius 2 is 2.12 bits per heavy atom. The minimum Gasteiger partial charge on any atom is -0.462 e. The Bertz CT molecular complexity index is 375. The molecule has 1 aromatic rings. The van der Waals surface area contributed by atoms with Gasteiger partial charge in [-0.15, -0.1) is 0 Å². The molecular formula is C12H18N2O2. The number of rotatable bonds is 4. The first-order chi connectivity index (χ1) is 7.60. The molecule has 4 heteroatoms. The van der Waals surface area contributed by atoms with Crippen LogP contribution in [0, 0.1) is 0 Å². The van der Waals surface area contributed by atoms with E-state index >= 15 is 0 Å². The van der Waals surface area contributed by atoms with Gasteiger partial charge in [0.05, 0.1) is 17.9 Å². The van der Waals surface area contributed by atoms with Crippen molar-refractivity contribution in [3.63, 3.8) is 0 Å². The Labute approximate surface area is 96.2 Å². The number of esters is 1. The SMILES string of the molecule is CCOC(=O)c1cc(NC)ccc1N(C)C. The van der Waals surface area contributed by atoms with Crippen LogP contribution in [0.4, 0.5) is 11.4 Å². The van der Waals surface area contributed by atoms with E-state index in [1.807, 2.05) is 38.2 Å². The van der Waals surface area contributed by atoms with Gasteiger partial charge in [0.15, 0.2) is 0 Å². The number of nitrogens with one attached hydrogen (secondary N) is 1. The largest absolute Gasteiger partial charge is 0.462 e. The number of nitrogens with zero attached hydrogens (tertiary/aromatic N) is 1. The summed E-state index contributed by atoms with van der Waals surface area (Å²) in [4.78, 5) is 13.7. The lowest BCUT2D eigenvalue weighted by Crippen LogP contribution is -2.15. The van der Waals surface area contributed by atoms with Crippen LogP contribution in [-0.2, 0) is 4.74 Å². The number of hydrogen-bond donors (Lipinski definition) is 1. The summed E-state index contributed by atoms with van der Waals surface area (Å²) in [5, 5.41) is 3.00. The number of benzene rings is 1. The third-order valence-electron chi connectivity index (χ3n) is 2.26. The molecule has 0 aromatic heterocycles. The maximum Gasteiger partial charge on any atom is 0.340 e. The Kier molecular flexibility index (Phi) is 4.17. The zero-order chi connectivity index (χ0) is 12.1. The maximum absolute atomic E-state index is 11.8. The average molecular weight is 222 g/mol. The van der Waals surface area contributed by atoms with Crippen LogP contribution in [-0.4, -0.2) is 33.7 Å². The zero-order valence-electron chi connectivity index (χ0n) is 10.2. The van der Waals surface area contributed by atoms with E-state index in [1.54, 1.807) is 13.0 Å². The van der Waals surface area contributed by atoms with Gasteiger partial charge in [0.25, 0.3) is 0 Å². The average Bonchev–Trinajstić information content (AvgIpc) is 2.28. The van der Waals surface area contributed by atoms with E-state index in [4.69, 9.17) is 4.74 Å². The zero-order valence-corrected chi connectivity index (χ0v) is 10.2. The van der Waals surface area contributed by atoms with E-state index in [9.17, 15) is 4.79 Å². The summed E-state index contributed by atoms with van der Waals surface area (Å²) in [6, 6.07) is 5.63. The van der Waals surface area contributed by atoms with Crippen molar-refractivity contribution < 1.29 is 9.53 Å². The van der Waals surface area contributed by atoms with Gasteiger partial charge in [0.1, 0.15) is 0 Å². The van der Waals surface area contributed by atoms with E-state index in [0.717, 1.165) is 11.4 Å². The van der Waals surface area contributed by atoms with Crippen LogP contribution < -0.4 is 10.2 Å². The summed E-state index contributed by atoms with van der Waals surface area (Å²) in [5.41, 5.74) is 2.34. The van der Waals surface area contributed by atoms with Crippen molar-refractivity contribution in [3.05, 3.63) is 23.8 Å². The van der Waals surface area contributed by atoms with Crippen molar-refractivity contribution in [1.82, 2.24) is 0 Å². The molecule has 0 aliphatic carbocycles. The normalized spacial score (nSPS) is 9.75. The van der Waals surface area contributed by atoms with Crippen LogP contribution in [0.5, 0.6) is 0 Å². The molecule has 0 atom stereocenters. The molecule has 0 radical (unpaired) electrons. The Morgan fingerprint density at radius 3 is 2.62 bits per heavy atom. The quantitative estimate of drug-likeness (QED) is 0.791. The van der Waals surface area contributed by atoms with E-state index in [2.05, 4.69) is 5.32 Å². The molecule has 0 heterocycles. The summed E-state index contributed by atoms with van der Waals surface area (Å²) in [5.74, 6) is -0.289. The van der Waals surface area contributed by atoms with Gasteiger partial charge in [-0.25, -0.2) is 4.79 Å². The summed E-state index contributed by atoms with van der Waals surface area (Å²) in [6.45, 7) is 2.19. The lowest BCUT2D eigenvalue weighted by molar-refractivity contribution is 0.0527. The third kappa shape index (κ3) is 2.66. The van der Waals surface area contributed by atoms with Crippen LogP contribution >= 0.6 is 0 Å². The van der Waals surface area contributed by atoms with E-state index in [0.29, 0.717) is 12.2 Å². The second-order valence-electron chi connectivity index (χ2n) is 3.60. The van der Waals surface area contributed by atoms with Gasteiger partial charge in [-0.1, -0.05) is 0 Å². The van der Waals surface area contributed by atoms with Gasteiger partial charge >= 0.3 is 5.97 Å². The van der Waals surface area contributed by atoms with Crippen molar-refractivity contribution in [1.29, 1.82) is 0 Å². The minimum atomic E-state index is -0.289. The van der Waals surface area contributed by atoms with Crippen LogP contribution in [0.15, 0.2) is 18.2 Å². The van der Waals surface area contributed by atoms with Crippen LogP contribution in [0.2, 0.25) is 0 Å². The van der Waals surface area contributed by atoms with Gasteiger partial charge in [0, 0.05) is 26.8 Å². The second kappa shape index (κ2) is 5.39. The molecule has 4 nitrogen and oxygen atoms in total. The molecule has 0 fully saturated rings. The van der Waals surface area contributed by atoms with Gasteiger partial charge in [-0.3, -0.25) is 0 Å². The molecule has 0 amide bonds. The molecule has 88 valence electrons. The topological polar surface area (TPSA) is 41.6 Å². The monoisotopic (exact) mass is 222 g/mol. The highest BCUT2D eigenvalue weighted by Crippen LogP contribution is 2.23. The van der Waals surface area contributed by atoms with E-state index in [1.165, 1.54) is 0 Å². The van der Waals surface area contributed by atoms with Crippen LogP contribution in [0.25, 0.3) is 0 Å². The molecule has 1 aromatic carbocycles. The van der Waals surface area contributed by atoms with E-state index < -0.39 is 0 Å². The van der Waals surface area contributed by atoms with Crippen molar-refractivity contribution in [3.8, 4) is 0 Å². The van der Waals surface area contributed by atoms with Gasteiger partial charge in [-0.05, 0) is 25.1 Å². The highest BCUT2D eigenvalue weighted by atomic mass is 16.5. The molecular weight excluding hydrogens is 204 g/mol. The summed E-state index contributed by atoms with van der Waals surface area (Å²) < 4.78 is 5.02. The molecule has 0 unspecified atom stereocenters. The molecule has 0 bridgehead atoms. The Morgan fingerprint density at radius 1 is 1.44 bits per heavy atom. The van der Waals surface area contributed by atoms with Crippen LogP contribution in [0.3, 0.4) is 0 Å². The fraction of sp³-hybridized carbons (Fsp3) is 0.417. The van der Waals surface area contributed by atoms with Crippen molar-refractivity contribution in [2.24, 2.45) is 0 Å². The standard InChI is InChI=1S/C12H18N2O2/c1-5-16-12(15)10-8-9(13-2)6-7-11(10)14(3)4/h6-8,13H,5H2,1-4H3. The number of ether oxygens (including phenoxy) is 1. The Hall–Kier alpha value is -1.71. The molecule has 0 aliphatic heterocycles. The van der Waals surface area contributed by atoms with Gasteiger partial charge < -0.3 is 15.0 Å². The minimum absolute atomic E-state index is 0.289. The predicted molar refractivity (Wildman–Crippen MR) is 66.3 cm³/mol. The predicted octanol–water partition coefficient (Wildman–Crippen LogP) is 1.97. The Balaban J connectivity index is 3.14. The van der Waals surface area contributed by atoms with Gasteiger partial charge in [0.2, 0.25) is 0 Å². The van der Waals surface area contributed by atoms with Crippen molar-refractivity contribution in [2.45, 2.75) is 6.92 Å². The number of carbonyl (C=O) groups is 1. The summed E-state index contributed by atoms with van der Waals surface area (Å²) in [6.07, 6.45) is 0. The summed E-state index contributed by atoms with van der Waals surface area (Å²) in [7, 11) is 5.62. The fourth-order valence-corrected chi connectivity index (χ4v) is 1.45. The lowest BCUT2D eigenvalue weighted by Gasteiger charge is -2.17. The summed E-state index contributed by atoms with van der Waals surface area (Å²) >= 11 is 0. The highest BCUT2D eigenvalue weighted by molar-refractivity contribution is 5.97. The van der Waals surface area contributed by atoms with E-state index in [-0.39, 0.29) is 5.97 Å². The second-order valence-corrected chi connectivity index (χ2v) is 3.60. The first-order valence-electron chi connectivity index (χ1n) is 5.26. The third-order valence-corrected chi connectivity index (χ3v) is 2.26. The fourth-order valence-electron chi connectivity index (χ4n) is 1.45. The molecule has 0 spiro atoms.